The standard InChI is InChI=1S/C14H23IN4O/c1-4-5-16-13-11(15)8-17-14(18-13)12-9-19(10(2)3)6-7-20-12/h8,10,12H,4-7,9H2,1-3H3,(H,16,17,18). The van der Waals surface area contributed by atoms with Gasteiger partial charge in [-0.15, -0.1) is 0 Å². The first-order chi connectivity index (χ1) is 9.61. The van der Waals surface area contributed by atoms with Gasteiger partial charge in [0.1, 0.15) is 11.9 Å². The van der Waals surface area contributed by atoms with Crippen molar-refractivity contribution >= 4 is 28.4 Å². The van der Waals surface area contributed by atoms with Crippen molar-refractivity contribution in [3.8, 4) is 0 Å². The van der Waals surface area contributed by atoms with Gasteiger partial charge >= 0.3 is 0 Å². The molecule has 0 radical (unpaired) electrons. The Morgan fingerprint density at radius 3 is 3.05 bits per heavy atom. The number of rotatable bonds is 5. The molecule has 1 aliphatic rings. The summed E-state index contributed by atoms with van der Waals surface area (Å²) in [5, 5.41) is 3.35. The molecule has 1 fully saturated rings. The maximum atomic E-state index is 5.85. The number of hydrogen-bond donors (Lipinski definition) is 1. The van der Waals surface area contributed by atoms with Gasteiger partial charge in [0.05, 0.1) is 10.2 Å². The first-order valence-corrected chi connectivity index (χ1v) is 8.31. The number of nitrogens with zero attached hydrogens (tertiary/aromatic N) is 3. The first kappa shape index (κ1) is 15.9. The number of nitrogens with one attached hydrogen (secondary N) is 1. The van der Waals surface area contributed by atoms with Crippen LogP contribution in [0.25, 0.3) is 0 Å². The van der Waals surface area contributed by atoms with E-state index in [-0.39, 0.29) is 6.10 Å². The largest absolute Gasteiger partial charge is 0.369 e. The molecule has 1 saturated heterocycles. The summed E-state index contributed by atoms with van der Waals surface area (Å²) >= 11 is 2.26. The molecule has 0 aliphatic carbocycles. The lowest BCUT2D eigenvalue weighted by atomic mass is 10.2. The summed E-state index contributed by atoms with van der Waals surface area (Å²) in [6, 6.07) is 0.530. The van der Waals surface area contributed by atoms with Gasteiger partial charge in [0.15, 0.2) is 5.82 Å². The summed E-state index contributed by atoms with van der Waals surface area (Å²) in [5.74, 6) is 1.71. The van der Waals surface area contributed by atoms with Gasteiger partial charge in [-0.2, -0.15) is 0 Å². The summed E-state index contributed by atoms with van der Waals surface area (Å²) in [5.41, 5.74) is 0. The van der Waals surface area contributed by atoms with Crippen molar-refractivity contribution in [3.05, 3.63) is 15.6 Å². The van der Waals surface area contributed by atoms with Crippen molar-refractivity contribution in [2.24, 2.45) is 0 Å². The molecule has 1 atom stereocenters. The van der Waals surface area contributed by atoms with E-state index in [0.717, 1.165) is 47.9 Å². The van der Waals surface area contributed by atoms with Crippen LogP contribution in [-0.4, -0.2) is 47.2 Å². The second kappa shape index (κ2) is 7.51. The lowest BCUT2D eigenvalue weighted by molar-refractivity contribution is -0.0442. The molecule has 1 aromatic rings. The summed E-state index contributed by atoms with van der Waals surface area (Å²) in [7, 11) is 0. The van der Waals surface area contributed by atoms with Crippen molar-refractivity contribution in [2.45, 2.75) is 39.3 Å². The first-order valence-electron chi connectivity index (χ1n) is 7.23. The second-order valence-corrected chi connectivity index (χ2v) is 6.46. The summed E-state index contributed by atoms with van der Waals surface area (Å²) in [4.78, 5) is 11.5. The van der Waals surface area contributed by atoms with E-state index >= 15 is 0 Å². The highest BCUT2D eigenvalue weighted by molar-refractivity contribution is 14.1. The third-order valence-electron chi connectivity index (χ3n) is 3.42. The van der Waals surface area contributed by atoms with Gasteiger partial charge < -0.3 is 10.1 Å². The Morgan fingerprint density at radius 1 is 1.55 bits per heavy atom. The lowest BCUT2D eigenvalue weighted by Gasteiger charge is -2.34. The average molecular weight is 390 g/mol. The third kappa shape index (κ3) is 4.02. The van der Waals surface area contributed by atoms with E-state index in [0.29, 0.717) is 6.04 Å². The molecule has 0 bridgehead atoms. The molecule has 0 aromatic carbocycles. The van der Waals surface area contributed by atoms with Crippen LogP contribution in [0.3, 0.4) is 0 Å². The Kier molecular flexibility index (Phi) is 5.98. The molecule has 2 heterocycles. The van der Waals surface area contributed by atoms with Crippen LogP contribution < -0.4 is 5.32 Å². The molecule has 1 aromatic heterocycles. The van der Waals surface area contributed by atoms with Crippen molar-refractivity contribution in [3.63, 3.8) is 0 Å². The number of aromatic nitrogens is 2. The fourth-order valence-corrected chi connectivity index (χ4v) is 2.65. The smallest absolute Gasteiger partial charge is 0.160 e. The molecular formula is C14H23IN4O. The molecule has 112 valence electrons. The minimum absolute atomic E-state index is 0.0228. The van der Waals surface area contributed by atoms with Crippen molar-refractivity contribution in [1.29, 1.82) is 0 Å². The number of halogens is 1. The molecule has 6 heteroatoms. The molecule has 5 nitrogen and oxygen atoms in total. The minimum atomic E-state index is -0.0228. The average Bonchev–Trinajstić information content (AvgIpc) is 2.46. The van der Waals surface area contributed by atoms with Gasteiger partial charge in [-0.05, 0) is 42.9 Å². The number of morpholine rings is 1. The van der Waals surface area contributed by atoms with E-state index < -0.39 is 0 Å². The molecule has 0 saturated carbocycles. The predicted octanol–water partition coefficient (Wildman–Crippen LogP) is 2.68. The van der Waals surface area contributed by atoms with Gasteiger partial charge in [-0.3, -0.25) is 4.90 Å². The van der Waals surface area contributed by atoms with Crippen LogP contribution in [0.5, 0.6) is 0 Å². The maximum Gasteiger partial charge on any atom is 0.160 e. The Hall–Kier alpha value is -0.470. The van der Waals surface area contributed by atoms with Crippen LogP contribution in [0.15, 0.2) is 6.20 Å². The summed E-state index contributed by atoms with van der Waals surface area (Å²) in [6.45, 7) is 10.1. The molecule has 1 N–H and O–H groups in total. The van der Waals surface area contributed by atoms with E-state index in [9.17, 15) is 0 Å². The van der Waals surface area contributed by atoms with Crippen LogP contribution in [0, 0.1) is 3.57 Å². The molecule has 2 rings (SSSR count). The van der Waals surface area contributed by atoms with Gasteiger partial charge in [0.25, 0.3) is 0 Å². The third-order valence-corrected chi connectivity index (χ3v) is 4.21. The molecule has 20 heavy (non-hydrogen) atoms. The van der Waals surface area contributed by atoms with Gasteiger partial charge in [-0.1, -0.05) is 6.92 Å². The zero-order chi connectivity index (χ0) is 14.5. The molecule has 0 amide bonds. The zero-order valence-corrected chi connectivity index (χ0v) is 14.6. The van der Waals surface area contributed by atoms with E-state index in [4.69, 9.17) is 4.74 Å². The van der Waals surface area contributed by atoms with Crippen molar-refractivity contribution < 1.29 is 4.74 Å². The molecular weight excluding hydrogens is 367 g/mol. The van der Waals surface area contributed by atoms with Crippen LogP contribution in [0.4, 0.5) is 5.82 Å². The summed E-state index contributed by atoms with van der Waals surface area (Å²) < 4.78 is 6.90. The molecule has 1 unspecified atom stereocenters. The van der Waals surface area contributed by atoms with Crippen LogP contribution in [0.2, 0.25) is 0 Å². The van der Waals surface area contributed by atoms with E-state index in [1.54, 1.807) is 0 Å². The van der Waals surface area contributed by atoms with Crippen molar-refractivity contribution in [1.82, 2.24) is 14.9 Å². The Balaban J connectivity index is 2.11. The highest BCUT2D eigenvalue weighted by Crippen LogP contribution is 2.23. The summed E-state index contributed by atoms with van der Waals surface area (Å²) in [6.07, 6.45) is 2.93. The Morgan fingerprint density at radius 2 is 2.35 bits per heavy atom. The number of ether oxygens (including phenoxy) is 1. The number of anilines is 1. The second-order valence-electron chi connectivity index (χ2n) is 5.30. The van der Waals surface area contributed by atoms with E-state index in [1.165, 1.54) is 0 Å². The Labute approximate surface area is 134 Å². The highest BCUT2D eigenvalue weighted by atomic mass is 127. The monoisotopic (exact) mass is 390 g/mol. The zero-order valence-electron chi connectivity index (χ0n) is 12.4. The minimum Gasteiger partial charge on any atom is -0.369 e. The topological polar surface area (TPSA) is 50.3 Å². The molecule has 0 spiro atoms. The van der Waals surface area contributed by atoms with E-state index in [1.807, 2.05) is 6.20 Å². The van der Waals surface area contributed by atoms with Gasteiger partial charge in [-0.25, -0.2) is 9.97 Å². The van der Waals surface area contributed by atoms with E-state index in [2.05, 4.69) is 63.5 Å². The number of hydrogen-bond acceptors (Lipinski definition) is 5. The van der Waals surface area contributed by atoms with Crippen LogP contribution in [0.1, 0.15) is 39.1 Å². The van der Waals surface area contributed by atoms with Crippen LogP contribution in [-0.2, 0) is 4.74 Å². The highest BCUT2D eigenvalue weighted by Gasteiger charge is 2.26. The quantitative estimate of drug-likeness (QED) is 0.784. The van der Waals surface area contributed by atoms with Crippen molar-refractivity contribution in [2.75, 3.05) is 31.6 Å². The molecule has 1 aliphatic heterocycles. The predicted molar refractivity (Wildman–Crippen MR) is 88.9 cm³/mol. The Bertz CT molecular complexity index is 441. The SMILES string of the molecule is CCCNc1nc(C2CN(C(C)C)CCO2)ncc1I. The van der Waals surface area contributed by atoms with Gasteiger partial charge in [0, 0.05) is 31.9 Å². The normalized spacial score (nSPS) is 20.4. The lowest BCUT2D eigenvalue weighted by Crippen LogP contribution is -2.42. The fraction of sp³-hybridized carbons (Fsp3) is 0.714. The van der Waals surface area contributed by atoms with Crippen LogP contribution >= 0.6 is 22.6 Å². The fourth-order valence-electron chi connectivity index (χ4n) is 2.20. The van der Waals surface area contributed by atoms with Gasteiger partial charge in [0.2, 0.25) is 0 Å². The maximum absolute atomic E-state index is 5.85.